The van der Waals surface area contributed by atoms with Crippen LogP contribution in [-0.4, -0.2) is 42.5 Å². The summed E-state index contributed by atoms with van der Waals surface area (Å²) in [5.74, 6) is 1.09. The zero-order chi connectivity index (χ0) is 23.8. The molecule has 0 aromatic heterocycles. The molecular weight excluding hydrogens is 416 g/mol. The Labute approximate surface area is 197 Å². The van der Waals surface area contributed by atoms with Gasteiger partial charge >= 0.3 is 0 Å². The lowest BCUT2D eigenvalue weighted by molar-refractivity contribution is -0.143. The van der Waals surface area contributed by atoms with Crippen LogP contribution in [-0.2, 0) is 16.1 Å². The molecule has 0 unspecified atom stereocenters. The van der Waals surface area contributed by atoms with E-state index in [1.54, 1.807) is 12.0 Å². The monoisotopic (exact) mass is 452 g/mol. The van der Waals surface area contributed by atoms with Gasteiger partial charge in [-0.15, -0.1) is 0 Å². The number of nitrogens with zero attached hydrogens (tertiary/aromatic N) is 1. The number of hydrogen-bond acceptors (Lipinski definition) is 4. The second kappa shape index (κ2) is 11.7. The minimum atomic E-state index is -0.563. The maximum absolute atomic E-state index is 13.4. The van der Waals surface area contributed by atoms with Gasteiger partial charge in [-0.05, 0) is 62.4 Å². The Morgan fingerprint density at radius 1 is 1.12 bits per heavy atom. The maximum atomic E-state index is 13.4. The predicted molar refractivity (Wildman–Crippen MR) is 129 cm³/mol. The molecule has 2 amide bonds. The topological polar surface area (TPSA) is 67.9 Å². The summed E-state index contributed by atoms with van der Waals surface area (Å²) in [5.41, 5.74) is 3.02. The van der Waals surface area contributed by atoms with Crippen LogP contribution in [0.25, 0.3) is 0 Å². The van der Waals surface area contributed by atoms with Crippen LogP contribution in [0.3, 0.4) is 0 Å². The smallest absolute Gasteiger partial charge is 0.261 e. The molecule has 1 fully saturated rings. The number of rotatable bonds is 10. The first-order valence-corrected chi connectivity index (χ1v) is 11.8. The van der Waals surface area contributed by atoms with E-state index >= 15 is 0 Å². The molecule has 0 saturated heterocycles. The van der Waals surface area contributed by atoms with Gasteiger partial charge in [-0.3, -0.25) is 9.59 Å². The van der Waals surface area contributed by atoms with Crippen LogP contribution < -0.4 is 14.8 Å². The molecule has 1 aliphatic rings. The normalized spacial score (nSPS) is 14.5. The zero-order valence-electron chi connectivity index (χ0n) is 20.2. The molecule has 1 aliphatic carbocycles. The third kappa shape index (κ3) is 6.73. The van der Waals surface area contributed by atoms with Crippen LogP contribution in [0.15, 0.2) is 42.5 Å². The second-order valence-electron chi connectivity index (χ2n) is 8.84. The van der Waals surface area contributed by atoms with E-state index in [0.29, 0.717) is 18.7 Å². The van der Waals surface area contributed by atoms with Crippen LogP contribution in [0.5, 0.6) is 11.5 Å². The van der Waals surface area contributed by atoms with Crippen LogP contribution in [0.2, 0.25) is 0 Å². The van der Waals surface area contributed by atoms with E-state index < -0.39 is 6.04 Å². The summed E-state index contributed by atoms with van der Waals surface area (Å²) in [6, 6.07) is 13.1. The van der Waals surface area contributed by atoms with E-state index in [0.717, 1.165) is 48.1 Å². The van der Waals surface area contributed by atoms with E-state index in [9.17, 15) is 9.59 Å². The van der Waals surface area contributed by atoms with Gasteiger partial charge in [0.05, 0.1) is 7.11 Å². The van der Waals surface area contributed by atoms with E-state index in [2.05, 4.69) is 5.32 Å². The Bertz CT molecular complexity index is 953. The number of carbonyl (C=O) groups excluding carboxylic acids is 2. The molecule has 0 bridgehead atoms. The molecule has 6 nitrogen and oxygen atoms in total. The van der Waals surface area contributed by atoms with Gasteiger partial charge in [0.25, 0.3) is 5.91 Å². The van der Waals surface area contributed by atoms with E-state index in [-0.39, 0.29) is 24.5 Å². The first kappa shape index (κ1) is 24.6. The molecule has 178 valence electrons. The summed E-state index contributed by atoms with van der Waals surface area (Å²) in [5, 5.41) is 3.16. The summed E-state index contributed by atoms with van der Waals surface area (Å²) in [7, 11) is 1.61. The highest BCUT2D eigenvalue weighted by Gasteiger charge is 2.31. The Kier molecular flexibility index (Phi) is 8.75. The number of nitrogens with one attached hydrogen (secondary N) is 1. The highest BCUT2D eigenvalue weighted by molar-refractivity contribution is 5.88. The van der Waals surface area contributed by atoms with Gasteiger partial charge in [0.1, 0.15) is 17.5 Å². The van der Waals surface area contributed by atoms with Crippen molar-refractivity contribution in [3.8, 4) is 11.5 Å². The highest BCUT2D eigenvalue weighted by atomic mass is 16.5. The van der Waals surface area contributed by atoms with Crippen molar-refractivity contribution in [2.45, 2.75) is 71.5 Å². The van der Waals surface area contributed by atoms with E-state index in [4.69, 9.17) is 9.47 Å². The van der Waals surface area contributed by atoms with Crippen molar-refractivity contribution in [2.24, 2.45) is 0 Å². The lowest BCUT2D eigenvalue weighted by Gasteiger charge is -2.31. The summed E-state index contributed by atoms with van der Waals surface area (Å²) < 4.78 is 11.2. The number of benzene rings is 2. The minimum absolute atomic E-state index is 0.0906. The van der Waals surface area contributed by atoms with E-state index in [1.807, 2.05) is 63.2 Å². The maximum Gasteiger partial charge on any atom is 0.261 e. The lowest BCUT2D eigenvalue weighted by atomic mass is 10.1. The number of ether oxygens (including phenoxy) is 2. The van der Waals surface area contributed by atoms with Crippen molar-refractivity contribution in [3.63, 3.8) is 0 Å². The second-order valence-corrected chi connectivity index (χ2v) is 8.84. The molecular formula is C27H36N2O4. The van der Waals surface area contributed by atoms with Gasteiger partial charge < -0.3 is 19.7 Å². The Hall–Kier alpha value is -3.02. The molecule has 1 saturated carbocycles. The SMILES string of the molecule is CC[C@H](C(=O)NC1CCCC1)N(Cc1cccc(OC)c1)C(=O)COc1ccc(C)cc1C. The minimum Gasteiger partial charge on any atom is -0.497 e. The van der Waals surface area contributed by atoms with Gasteiger partial charge in [-0.1, -0.05) is 49.6 Å². The molecule has 0 radical (unpaired) electrons. The van der Waals surface area contributed by atoms with Gasteiger partial charge in [0.15, 0.2) is 6.61 Å². The van der Waals surface area contributed by atoms with E-state index in [1.165, 1.54) is 0 Å². The van der Waals surface area contributed by atoms with Crippen molar-refractivity contribution in [1.82, 2.24) is 10.2 Å². The Balaban J connectivity index is 1.79. The summed E-state index contributed by atoms with van der Waals surface area (Å²) in [6.07, 6.45) is 4.80. The fourth-order valence-corrected chi connectivity index (χ4v) is 4.44. The van der Waals surface area contributed by atoms with Crippen LogP contribution >= 0.6 is 0 Å². The standard InChI is InChI=1S/C27H36N2O4/c1-5-24(27(31)28-22-10-6-7-11-22)29(17-21-9-8-12-23(16-21)32-4)26(30)18-33-25-14-13-19(2)15-20(25)3/h8-9,12-16,22,24H,5-7,10-11,17-18H2,1-4H3,(H,28,31)/t24-/m1/s1. The molecule has 0 spiro atoms. The number of carbonyl (C=O) groups is 2. The molecule has 1 atom stereocenters. The van der Waals surface area contributed by atoms with Gasteiger partial charge in [-0.2, -0.15) is 0 Å². The van der Waals surface area contributed by atoms with Crippen molar-refractivity contribution < 1.29 is 19.1 Å². The van der Waals surface area contributed by atoms with Crippen molar-refractivity contribution in [3.05, 3.63) is 59.2 Å². The van der Waals surface area contributed by atoms with Crippen molar-refractivity contribution in [2.75, 3.05) is 13.7 Å². The molecule has 0 aliphatic heterocycles. The van der Waals surface area contributed by atoms with Crippen molar-refractivity contribution >= 4 is 11.8 Å². The molecule has 33 heavy (non-hydrogen) atoms. The zero-order valence-corrected chi connectivity index (χ0v) is 20.2. The highest BCUT2D eigenvalue weighted by Crippen LogP contribution is 2.22. The number of amides is 2. The molecule has 6 heteroatoms. The molecule has 3 rings (SSSR count). The number of aryl methyl sites for hydroxylation is 2. The molecule has 2 aromatic carbocycles. The predicted octanol–water partition coefficient (Wildman–Crippen LogP) is 4.56. The lowest BCUT2D eigenvalue weighted by Crippen LogP contribution is -2.52. The molecule has 2 aromatic rings. The number of methoxy groups -OCH3 is 1. The third-order valence-corrected chi connectivity index (χ3v) is 6.26. The third-order valence-electron chi connectivity index (χ3n) is 6.26. The quantitative estimate of drug-likeness (QED) is 0.574. The Morgan fingerprint density at radius 2 is 1.88 bits per heavy atom. The first-order valence-electron chi connectivity index (χ1n) is 11.8. The van der Waals surface area contributed by atoms with Gasteiger partial charge in [0.2, 0.25) is 5.91 Å². The van der Waals surface area contributed by atoms with Crippen LogP contribution in [0, 0.1) is 13.8 Å². The van der Waals surface area contributed by atoms with Crippen molar-refractivity contribution in [1.29, 1.82) is 0 Å². The summed E-state index contributed by atoms with van der Waals surface area (Å²) >= 11 is 0. The summed E-state index contributed by atoms with van der Waals surface area (Å²) in [6.45, 7) is 6.11. The fraction of sp³-hybridized carbons (Fsp3) is 0.481. The molecule has 0 heterocycles. The average Bonchev–Trinajstić information content (AvgIpc) is 3.31. The fourth-order valence-electron chi connectivity index (χ4n) is 4.44. The summed E-state index contributed by atoms with van der Waals surface area (Å²) in [4.78, 5) is 28.2. The largest absolute Gasteiger partial charge is 0.497 e. The number of hydrogen-bond donors (Lipinski definition) is 1. The first-order chi connectivity index (χ1) is 15.9. The van der Waals surface area contributed by atoms with Gasteiger partial charge in [0, 0.05) is 12.6 Å². The van der Waals surface area contributed by atoms with Crippen LogP contribution in [0.4, 0.5) is 0 Å². The average molecular weight is 453 g/mol. The Morgan fingerprint density at radius 3 is 2.55 bits per heavy atom. The van der Waals surface area contributed by atoms with Gasteiger partial charge in [-0.25, -0.2) is 0 Å². The van der Waals surface area contributed by atoms with Crippen LogP contribution in [0.1, 0.15) is 55.7 Å². The molecule has 1 N–H and O–H groups in total.